The first-order valence-corrected chi connectivity index (χ1v) is 4.70. The van der Waals surface area contributed by atoms with E-state index >= 15 is 0 Å². The van der Waals surface area contributed by atoms with Gasteiger partial charge in [0.15, 0.2) is 0 Å². The van der Waals surface area contributed by atoms with E-state index < -0.39 is 0 Å². The minimum Gasteiger partial charge on any atom is -0.354 e. The number of hydroxylamine groups is 1. The van der Waals surface area contributed by atoms with E-state index in [1.165, 1.54) is 0 Å². The summed E-state index contributed by atoms with van der Waals surface area (Å²) in [7, 11) is 0. The standard InChI is InChI=1S/C9H19N3O/c1-7(2)13-12-8-10-5-9(3,4)6-11-8/h7H,5-6H2,1-4H3,(H2,10,11,12). The molecule has 0 saturated carbocycles. The molecule has 0 aromatic carbocycles. The molecule has 0 aromatic rings. The van der Waals surface area contributed by atoms with Gasteiger partial charge in [0, 0.05) is 18.5 Å². The van der Waals surface area contributed by atoms with Crippen LogP contribution in [0.2, 0.25) is 0 Å². The first kappa shape index (κ1) is 10.3. The van der Waals surface area contributed by atoms with Crippen LogP contribution in [0.25, 0.3) is 0 Å². The van der Waals surface area contributed by atoms with Crippen molar-refractivity contribution < 1.29 is 4.84 Å². The highest BCUT2D eigenvalue weighted by Gasteiger charge is 2.22. The number of hydrogen-bond acceptors (Lipinski definition) is 4. The SMILES string of the molecule is CC(C)ONC1=NCC(C)(C)CN1. The van der Waals surface area contributed by atoms with E-state index in [0.717, 1.165) is 19.0 Å². The molecule has 0 aromatic heterocycles. The van der Waals surface area contributed by atoms with E-state index in [1.54, 1.807) is 0 Å². The molecule has 0 unspecified atom stereocenters. The molecule has 0 atom stereocenters. The lowest BCUT2D eigenvalue weighted by Gasteiger charge is -2.29. The summed E-state index contributed by atoms with van der Waals surface area (Å²) in [6, 6.07) is 0. The molecule has 4 heteroatoms. The molecule has 1 aliphatic rings. The number of nitrogens with one attached hydrogen (secondary N) is 2. The first-order chi connectivity index (χ1) is 5.99. The zero-order valence-electron chi connectivity index (χ0n) is 8.85. The molecule has 4 nitrogen and oxygen atoms in total. The van der Waals surface area contributed by atoms with Gasteiger partial charge >= 0.3 is 0 Å². The predicted octanol–water partition coefficient (Wildman–Crippen LogP) is 0.901. The second kappa shape index (κ2) is 3.96. The lowest BCUT2D eigenvalue weighted by molar-refractivity contribution is 0.0299. The summed E-state index contributed by atoms with van der Waals surface area (Å²) in [6.07, 6.45) is 0.166. The lowest BCUT2D eigenvalue weighted by Crippen LogP contribution is -2.47. The largest absolute Gasteiger partial charge is 0.354 e. The van der Waals surface area contributed by atoms with Gasteiger partial charge in [-0.15, -0.1) is 0 Å². The highest BCUT2D eigenvalue weighted by atomic mass is 16.7. The monoisotopic (exact) mass is 185 g/mol. The third-order valence-electron chi connectivity index (χ3n) is 1.79. The molecular weight excluding hydrogens is 166 g/mol. The smallest absolute Gasteiger partial charge is 0.215 e. The van der Waals surface area contributed by atoms with E-state index in [2.05, 4.69) is 29.6 Å². The predicted molar refractivity (Wildman–Crippen MR) is 53.4 cm³/mol. The zero-order valence-corrected chi connectivity index (χ0v) is 8.85. The van der Waals surface area contributed by atoms with Crippen molar-refractivity contribution >= 4 is 5.96 Å². The fourth-order valence-electron chi connectivity index (χ4n) is 0.970. The quantitative estimate of drug-likeness (QED) is 0.628. The van der Waals surface area contributed by atoms with Crippen molar-refractivity contribution in [1.82, 2.24) is 10.8 Å². The minimum atomic E-state index is 0.166. The third kappa shape index (κ3) is 3.63. The van der Waals surface area contributed by atoms with Crippen LogP contribution in [-0.2, 0) is 4.84 Å². The topological polar surface area (TPSA) is 45.6 Å². The molecule has 0 aliphatic carbocycles. The summed E-state index contributed by atoms with van der Waals surface area (Å²) in [6.45, 7) is 10.1. The Morgan fingerprint density at radius 2 is 2.23 bits per heavy atom. The van der Waals surface area contributed by atoms with Crippen LogP contribution in [0.5, 0.6) is 0 Å². The van der Waals surface area contributed by atoms with Crippen LogP contribution in [0.3, 0.4) is 0 Å². The van der Waals surface area contributed by atoms with E-state index in [4.69, 9.17) is 4.84 Å². The average Bonchev–Trinajstić information content (AvgIpc) is 2.02. The molecule has 1 heterocycles. The average molecular weight is 185 g/mol. The van der Waals surface area contributed by atoms with Crippen molar-refractivity contribution in [3.05, 3.63) is 0 Å². The maximum Gasteiger partial charge on any atom is 0.215 e. The van der Waals surface area contributed by atoms with Gasteiger partial charge in [-0.05, 0) is 13.8 Å². The highest BCUT2D eigenvalue weighted by Crippen LogP contribution is 2.15. The number of nitrogens with zero attached hydrogens (tertiary/aromatic N) is 1. The molecule has 13 heavy (non-hydrogen) atoms. The van der Waals surface area contributed by atoms with Crippen LogP contribution in [0.4, 0.5) is 0 Å². The fraction of sp³-hybridized carbons (Fsp3) is 0.889. The number of rotatable bonds is 2. The second-order valence-corrected chi connectivity index (χ2v) is 4.45. The molecule has 0 saturated heterocycles. The van der Waals surface area contributed by atoms with Gasteiger partial charge in [0.25, 0.3) is 0 Å². The molecule has 0 amide bonds. The second-order valence-electron chi connectivity index (χ2n) is 4.45. The van der Waals surface area contributed by atoms with E-state index in [1.807, 2.05) is 13.8 Å². The molecule has 0 fully saturated rings. The maximum atomic E-state index is 5.21. The summed E-state index contributed by atoms with van der Waals surface area (Å²) < 4.78 is 0. The Balaban J connectivity index is 2.34. The summed E-state index contributed by atoms with van der Waals surface area (Å²) in [5, 5.41) is 3.18. The summed E-state index contributed by atoms with van der Waals surface area (Å²) in [4.78, 5) is 9.53. The summed E-state index contributed by atoms with van der Waals surface area (Å²) in [5.74, 6) is 0.744. The fourth-order valence-corrected chi connectivity index (χ4v) is 0.970. The van der Waals surface area contributed by atoms with Crippen LogP contribution < -0.4 is 10.8 Å². The van der Waals surface area contributed by atoms with Crippen LogP contribution >= 0.6 is 0 Å². The van der Waals surface area contributed by atoms with Crippen molar-refractivity contribution in [1.29, 1.82) is 0 Å². The van der Waals surface area contributed by atoms with Crippen LogP contribution in [-0.4, -0.2) is 25.2 Å². The van der Waals surface area contributed by atoms with Crippen molar-refractivity contribution in [2.75, 3.05) is 13.1 Å². The Labute approximate surface area is 79.7 Å². The molecule has 0 radical (unpaired) electrons. The van der Waals surface area contributed by atoms with Gasteiger partial charge < -0.3 is 5.32 Å². The summed E-state index contributed by atoms with van der Waals surface area (Å²) >= 11 is 0. The molecule has 2 N–H and O–H groups in total. The highest BCUT2D eigenvalue weighted by molar-refractivity contribution is 5.79. The Bertz CT molecular complexity index is 199. The van der Waals surface area contributed by atoms with Gasteiger partial charge in [-0.25, -0.2) is 5.48 Å². The van der Waals surface area contributed by atoms with E-state index in [9.17, 15) is 0 Å². The minimum absolute atomic E-state index is 0.166. The van der Waals surface area contributed by atoms with E-state index in [-0.39, 0.29) is 11.5 Å². The third-order valence-corrected chi connectivity index (χ3v) is 1.79. The molecule has 0 spiro atoms. The number of guanidine groups is 1. The normalized spacial score (nSPS) is 20.8. The van der Waals surface area contributed by atoms with Crippen LogP contribution in [0, 0.1) is 5.41 Å². The van der Waals surface area contributed by atoms with E-state index in [0.29, 0.717) is 0 Å². The molecule has 0 bridgehead atoms. The maximum absolute atomic E-state index is 5.21. The molecular formula is C9H19N3O. The van der Waals surface area contributed by atoms with Crippen molar-refractivity contribution in [2.45, 2.75) is 33.8 Å². The number of aliphatic imine (C=N–C) groups is 1. The zero-order chi connectivity index (χ0) is 9.90. The molecule has 76 valence electrons. The Morgan fingerprint density at radius 1 is 1.54 bits per heavy atom. The van der Waals surface area contributed by atoms with Crippen LogP contribution in [0.1, 0.15) is 27.7 Å². The molecule has 1 aliphatic heterocycles. The van der Waals surface area contributed by atoms with Gasteiger partial charge in [-0.1, -0.05) is 13.8 Å². The van der Waals surface area contributed by atoms with Gasteiger partial charge in [0.1, 0.15) is 0 Å². The number of hydrogen-bond donors (Lipinski definition) is 2. The Kier molecular flexibility index (Phi) is 3.14. The van der Waals surface area contributed by atoms with Crippen molar-refractivity contribution in [3.8, 4) is 0 Å². The first-order valence-electron chi connectivity index (χ1n) is 4.70. The van der Waals surface area contributed by atoms with Gasteiger partial charge in [0.05, 0.1) is 6.10 Å². The van der Waals surface area contributed by atoms with Crippen molar-refractivity contribution in [2.24, 2.45) is 10.4 Å². The van der Waals surface area contributed by atoms with Gasteiger partial charge in [-0.3, -0.25) is 9.83 Å². The van der Waals surface area contributed by atoms with Gasteiger partial charge in [0.2, 0.25) is 5.96 Å². The van der Waals surface area contributed by atoms with Crippen molar-refractivity contribution in [3.63, 3.8) is 0 Å². The lowest BCUT2D eigenvalue weighted by atomic mass is 9.93. The molecule has 1 rings (SSSR count). The van der Waals surface area contributed by atoms with Crippen LogP contribution in [0.15, 0.2) is 4.99 Å². The Hall–Kier alpha value is -0.770. The van der Waals surface area contributed by atoms with Gasteiger partial charge in [-0.2, -0.15) is 0 Å². The summed E-state index contributed by atoms with van der Waals surface area (Å²) in [5.41, 5.74) is 3.05. The Morgan fingerprint density at radius 3 is 2.69 bits per heavy atom.